The first-order valence-electron chi connectivity index (χ1n) is 5.33. The number of amides is 2. The summed E-state index contributed by atoms with van der Waals surface area (Å²) in [6.07, 6.45) is 1.32. The van der Waals surface area contributed by atoms with Gasteiger partial charge in [0.05, 0.1) is 0 Å². The van der Waals surface area contributed by atoms with Gasteiger partial charge in [-0.15, -0.1) is 0 Å². The van der Waals surface area contributed by atoms with Gasteiger partial charge in [-0.3, -0.25) is 15.1 Å². The van der Waals surface area contributed by atoms with E-state index < -0.39 is 6.03 Å². The lowest BCUT2D eigenvalue weighted by atomic mass is 10.2. The van der Waals surface area contributed by atoms with E-state index in [2.05, 4.69) is 20.6 Å². The van der Waals surface area contributed by atoms with Crippen LogP contribution in [0.2, 0.25) is 0 Å². The molecule has 18 heavy (non-hydrogen) atoms. The highest BCUT2D eigenvalue weighted by Gasteiger charge is 2.03. The third-order valence-electron chi connectivity index (χ3n) is 2.21. The molecule has 1 aromatic heterocycles. The van der Waals surface area contributed by atoms with Gasteiger partial charge in [0.1, 0.15) is 0 Å². The summed E-state index contributed by atoms with van der Waals surface area (Å²) in [6.45, 7) is 1.96. The van der Waals surface area contributed by atoms with Gasteiger partial charge in [-0.2, -0.15) is 0 Å². The van der Waals surface area contributed by atoms with Crippen molar-refractivity contribution in [2.75, 3.05) is 10.6 Å². The van der Waals surface area contributed by atoms with E-state index in [0.29, 0.717) is 5.69 Å². The van der Waals surface area contributed by atoms with Crippen molar-refractivity contribution in [2.45, 2.75) is 6.92 Å². The Hall–Kier alpha value is -2.63. The number of aryl methyl sites for hydroxylation is 1. The normalized spacial score (nSPS) is 9.83. The summed E-state index contributed by atoms with van der Waals surface area (Å²) in [4.78, 5) is 28.8. The van der Waals surface area contributed by atoms with E-state index in [4.69, 9.17) is 0 Å². The van der Waals surface area contributed by atoms with Gasteiger partial charge in [-0.25, -0.2) is 9.78 Å². The summed E-state index contributed by atoms with van der Waals surface area (Å²) in [6, 6.07) is 8.15. The average molecular weight is 244 g/mol. The third-order valence-corrected chi connectivity index (χ3v) is 2.21. The predicted molar refractivity (Wildman–Crippen MR) is 68.7 cm³/mol. The number of aromatic nitrogens is 2. The Labute approximate surface area is 103 Å². The van der Waals surface area contributed by atoms with Crippen LogP contribution < -0.4 is 16.2 Å². The molecule has 0 saturated carbocycles. The highest BCUT2D eigenvalue weighted by atomic mass is 16.2. The van der Waals surface area contributed by atoms with Crippen molar-refractivity contribution < 1.29 is 4.79 Å². The molecular weight excluding hydrogens is 232 g/mol. The van der Waals surface area contributed by atoms with Gasteiger partial charge in [0.2, 0.25) is 5.95 Å². The molecule has 1 aromatic carbocycles. The van der Waals surface area contributed by atoms with Crippen molar-refractivity contribution in [3.05, 3.63) is 52.4 Å². The number of nitrogens with zero attached hydrogens (tertiary/aromatic N) is 1. The molecule has 92 valence electrons. The van der Waals surface area contributed by atoms with E-state index in [1.165, 1.54) is 12.3 Å². The number of nitrogens with one attached hydrogen (secondary N) is 3. The maximum Gasteiger partial charge on any atom is 0.326 e. The first-order valence-corrected chi connectivity index (χ1v) is 5.33. The maximum atomic E-state index is 11.6. The van der Waals surface area contributed by atoms with E-state index in [1.807, 2.05) is 19.1 Å². The van der Waals surface area contributed by atoms with Gasteiger partial charge in [-0.1, -0.05) is 17.7 Å². The van der Waals surface area contributed by atoms with Gasteiger partial charge in [0.25, 0.3) is 5.56 Å². The molecule has 0 aliphatic carbocycles. The molecule has 6 nitrogen and oxygen atoms in total. The highest BCUT2D eigenvalue weighted by molar-refractivity contribution is 5.98. The van der Waals surface area contributed by atoms with Crippen LogP contribution in [0.5, 0.6) is 0 Å². The van der Waals surface area contributed by atoms with Gasteiger partial charge in [0, 0.05) is 18.0 Å². The lowest BCUT2D eigenvalue weighted by molar-refractivity contribution is 0.262. The standard InChI is InChI=1S/C12H12N4O2/c1-8-2-4-9(5-3-8)14-12(18)16-11-13-7-6-10(17)15-11/h2-7H,1H3,(H3,13,14,15,16,17,18). The fourth-order valence-electron chi connectivity index (χ4n) is 1.34. The summed E-state index contributed by atoms with van der Waals surface area (Å²) in [7, 11) is 0. The van der Waals surface area contributed by atoms with Crippen LogP contribution >= 0.6 is 0 Å². The smallest absolute Gasteiger partial charge is 0.308 e. The first kappa shape index (κ1) is 11.8. The highest BCUT2D eigenvalue weighted by Crippen LogP contribution is 2.08. The van der Waals surface area contributed by atoms with Crippen molar-refractivity contribution in [3.8, 4) is 0 Å². The number of anilines is 2. The minimum atomic E-state index is -0.465. The van der Waals surface area contributed by atoms with Crippen molar-refractivity contribution in [3.63, 3.8) is 0 Å². The van der Waals surface area contributed by atoms with Gasteiger partial charge in [0.15, 0.2) is 0 Å². The SMILES string of the molecule is Cc1ccc(NC(=O)Nc2nccc(=O)[nH]2)cc1. The second-order valence-corrected chi connectivity index (χ2v) is 3.73. The zero-order chi connectivity index (χ0) is 13.0. The van der Waals surface area contributed by atoms with Crippen LogP contribution in [0.1, 0.15) is 5.56 Å². The minimum Gasteiger partial charge on any atom is -0.308 e. The van der Waals surface area contributed by atoms with Crippen LogP contribution in [0, 0.1) is 6.92 Å². The fourth-order valence-corrected chi connectivity index (χ4v) is 1.34. The summed E-state index contributed by atoms with van der Waals surface area (Å²) >= 11 is 0. The van der Waals surface area contributed by atoms with Crippen LogP contribution in [-0.2, 0) is 0 Å². The molecule has 0 bridgehead atoms. The number of H-pyrrole nitrogens is 1. The van der Waals surface area contributed by atoms with E-state index >= 15 is 0 Å². The molecule has 2 aromatic rings. The third kappa shape index (κ3) is 3.18. The summed E-state index contributed by atoms with van der Waals surface area (Å²) in [5, 5.41) is 5.05. The molecule has 0 saturated heterocycles. The van der Waals surface area contributed by atoms with Crippen molar-refractivity contribution in [1.82, 2.24) is 9.97 Å². The Balaban J connectivity index is 2.01. The Morgan fingerprint density at radius 1 is 1.17 bits per heavy atom. The number of urea groups is 1. The quantitative estimate of drug-likeness (QED) is 0.751. The van der Waals surface area contributed by atoms with Crippen molar-refractivity contribution in [2.24, 2.45) is 0 Å². The number of aromatic amines is 1. The Morgan fingerprint density at radius 3 is 2.56 bits per heavy atom. The molecule has 0 aliphatic heterocycles. The van der Waals surface area contributed by atoms with Gasteiger partial charge < -0.3 is 5.32 Å². The topological polar surface area (TPSA) is 86.9 Å². The molecule has 3 N–H and O–H groups in total. The number of hydrogen-bond acceptors (Lipinski definition) is 3. The molecule has 0 spiro atoms. The van der Waals surface area contributed by atoms with Crippen LogP contribution in [0.4, 0.5) is 16.4 Å². The zero-order valence-electron chi connectivity index (χ0n) is 9.73. The van der Waals surface area contributed by atoms with Crippen molar-refractivity contribution in [1.29, 1.82) is 0 Å². The van der Waals surface area contributed by atoms with E-state index in [0.717, 1.165) is 5.56 Å². The van der Waals surface area contributed by atoms with E-state index in [-0.39, 0.29) is 11.5 Å². The minimum absolute atomic E-state index is 0.104. The van der Waals surface area contributed by atoms with Crippen molar-refractivity contribution >= 4 is 17.7 Å². The van der Waals surface area contributed by atoms with Crippen LogP contribution in [0.15, 0.2) is 41.3 Å². The lowest BCUT2D eigenvalue weighted by Gasteiger charge is -2.06. The first-order chi connectivity index (χ1) is 8.63. The second kappa shape index (κ2) is 5.13. The molecule has 0 aliphatic rings. The number of rotatable bonds is 2. The van der Waals surface area contributed by atoms with Crippen LogP contribution in [0.25, 0.3) is 0 Å². The Bertz CT molecular complexity index is 604. The largest absolute Gasteiger partial charge is 0.326 e. The molecule has 0 fully saturated rings. The van der Waals surface area contributed by atoms with Gasteiger partial charge in [-0.05, 0) is 19.1 Å². The van der Waals surface area contributed by atoms with Crippen LogP contribution in [-0.4, -0.2) is 16.0 Å². The monoisotopic (exact) mass is 244 g/mol. The van der Waals surface area contributed by atoms with Gasteiger partial charge >= 0.3 is 6.03 Å². The fraction of sp³-hybridized carbons (Fsp3) is 0.0833. The van der Waals surface area contributed by atoms with Crippen LogP contribution in [0.3, 0.4) is 0 Å². The Kier molecular flexibility index (Phi) is 3.38. The number of carbonyl (C=O) groups is 1. The molecular formula is C12H12N4O2. The average Bonchev–Trinajstić information content (AvgIpc) is 2.32. The summed E-state index contributed by atoms with van der Waals surface area (Å²) < 4.78 is 0. The molecule has 2 amide bonds. The number of benzene rings is 1. The number of hydrogen-bond donors (Lipinski definition) is 3. The molecule has 0 atom stereocenters. The molecule has 0 radical (unpaired) electrons. The van der Waals surface area contributed by atoms with E-state index in [1.54, 1.807) is 12.1 Å². The molecule has 1 heterocycles. The molecule has 0 unspecified atom stereocenters. The van der Waals surface area contributed by atoms with E-state index in [9.17, 15) is 9.59 Å². The Morgan fingerprint density at radius 2 is 1.89 bits per heavy atom. The lowest BCUT2D eigenvalue weighted by Crippen LogP contribution is -2.22. The summed E-state index contributed by atoms with van der Waals surface area (Å²) in [5.74, 6) is 0.104. The number of carbonyl (C=O) groups excluding carboxylic acids is 1. The maximum absolute atomic E-state index is 11.6. The second-order valence-electron chi connectivity index (χ2n) is 3.73. The zero-order valence-corrected chi connectivity index (χ0v) is 9.73. The molecule has 6 heteroatoms. The summed E-state index contributed by atoms with van der Waals surface area (Å²) in [5.41, 5.74) is 1.45. The molecule has 2 rings (SSSR count). The predicted octanol–water partition coefficient (Wildman–Crippen LogP) is 1.72.